The third-order valence-corrected chi connectivity index (χ3v) is 5.13. The van der Waals surface area contributed by atoms with Gasteiger partial charge in [0, 0.05) is 28.9 Å². The summed E-state index contributed by atoms with van der Waals surface area (Å²) < 4.78 is 0. The minimum atomic E-state index is -1.08. The molecule has 0 radical (unpaired) electrons. The van der Waals surface area contributed by atoms with E-state index in [2.05, 4.69) is 4.98 Å². The number of benzene rings is 2. The highest BCUT2D eigenvalue weighted by atomic mass is 35.5. The van der Waals surface area contributed by atoms with E-state index >= 15 is 0 Å². The van der Waals surface area contributed by atoms with Crippen molar-refractivity contribution < 1.29 is 19.6 Å². The molecule has 2 aromatic carbocycles. The van der Waals surface area contributed by atoms with Crippen LogP contribution in [0.1, 0.15) is 17.2 Å². The summed E-state index contributed by atoms with van der Waals surface area (Å²) in [6.45, 7) is 0. The van der Waals surface area contributed by atoms with Crippen molar-refractivity contribution in [1.29, 1.82) is 0 Å². The van der Waals surface area contributed by atoms with Crippen molar-refractivity contribution in [3.63, 3.8) is 0 Å². The van der Waals surface area contributed by atoms with Gasteiger partial charge in [-0.2, -0.15) is 0 Å². The van der Waals surface area contributed by atoms with Crippen LogP contribution in [-0.2, 0) is 9.59 Å². The molecule has 3 aromatic rings. The lowest BCUT2D eigenvalue weighted by molar-refractivity contribution is -0.384. The first-order chi connectivity index (χ1) is 14.9. The Morgan fingerprint density at radius 2 is 1.84 bits per heavy atom. The Morgan fingerprint density at radius 3 is 2.48 bits per heavy atom. The molecule has 4 rings (SSSR count). The van der Waals surface area contributed by atoms with E-state index in [1.54, 1.807) is 18.2 Å². The van der Waals surface area contributed by atoms with Crippen LogP contribution in [0.4, 0.5) is 11.4 Å². The van der Waals surface area contributed by atoms with E-state index in [4.69, 9.17) is 11.6 Å². The first-order valence-electron chi connectivity index (χ1n) is 9.10. The highest BCUT2D eigenvalue weighted by Gasteiger charge is 2.47. The zero-order valence-electron chi connectivity index (χ0n) is 15.8. The number of carbonyl (C=O) groups is 2. The molecule has 1 unspecified atom stereocenters. The number of hydrogen-bond acceptors (Lipinski definition) is 6. The molecule has 154 valence electrons. The second kappa shape index (κ2) is 8.00. The van der Waals surface area contributed by atoms with Gasteiger partial charge in [0.15, 0.2) is 0 Å². The quantitative estimate of drug-likeness (QED) is 0.215. The van der Waals surface area contributed by atoms with Crippen LogP contribution in [-0.4, -0.2) is 26.7 Å². The summed E-state index contributed by atoms with van der Waals surface area (Å²) in [4.78, 5) is 41.8. The van der Waals surface area contributed by atoms with Crippen LogP contribution in [0.2, 0.25) is 5.02 Å². The normalized spacial score (nSPS) is 17.7. The molecule has 1 amide bonds. The van der Waals surface area contributed by atoms with Gasteiger partial charge in [-0.3, -0.25) is 29.6 Å². The number of aliphatic hydroxyl groups excluding tert-OH is 1. The average molecular weight is 436 g/mol. The lowest BCUT2D eigenvalue weighted by Crippen LogP contribution is -2.29. The molecule has 1 N–H and O–H groups in total. The monoisotopic (exact) mass is 435 g/mol. The summed E-state index contributed by atoms with van der Waals surface area (Å²) in [7, 11) is 0. The van der Waals surface area contributed by atoms with Crippen LogP contribution in [0.25, 0.3) is 5.76 Å². The number of aliphatic hydroxyl groups is 1. The molecule has 1 aliphatic heterocycles. The molecular formula is C22H14ClN3O5. The maximum absolute atomic E-state index is 13.0. The van der Waals surface area contributed by atoms with Crippen LogP contribution in [0.15, 0.2) is 78.6 Å². The van der Waals surface area contributed by atoms with E-state index in [0.717, 1.165) is 0 Å². The molecule has 0 saturated carbocycles. The molecule has 1 aromatic heterocycles. The molecular weight excluding hydrogens is 422 g/mol. The molecule has 9 heteroatoms. The summed E-state index contributed by atoms with van der Waals surface area (Å²) in [5.74, 6) is -2.19. The van der Waals surface area contributed by atoms with Gasteiger partial charge in [0.2, 0.25) is 0 Å². The number of nitrogens with zero attached hydrogens (tertiary/aromatic N) is 3. The highest BCUT2D eigenvalue weighted by Crippen LogP contribution is 2.42. The zero-order chi connectivity index (χ0) is 22.1. The van der Waals surface area contributed by atoms with Crippen LogP contribution < -0.4 is 4.90 Å². The number of non-ortho nitro benzene ring substituents is 1. The number of hydrogen-bond donors (Lipinski definition) is 1. The molecule has 1 saturated heterocycles. The molecule has 0 bridgehead atoms. The molecule has 1 fully saturated rings. The van der Waals surface area contributed by atoms with E-state index in [1.165, 1.54) is 59.8 Å². The first-order valence-corrected chi connectivity index (χ1v) is 9.47. The molecule has 0 spiro atoms. The number of nitro benzene ring substituents is 1. The summed E-state index contributed by atoms with van der Waals surface area (Å²) in [6.07, 6.45) is 2.91. The van der Waals surface area contributed by atoms with Gasteiger partial charge in [-0.1, -0.05) is 23.7 Å². The third kappa shape index (κ3) is 3.64. The van der Waals surface area contributed by atoms with Crippen LogP contribution in [0, 0.1) is 10.1 Å². The van der Waals surface area contributed by atoms with Gasteiger partial charge in [-0.15, -0.1) is 0 Å². The molecule has 31 heavy (non-hydrogen) atoms. The van der Waals surface area contributed by atoms with Gasteiger partial charge in [-0.25, -0.2) is 0 Å². The van der Waals surface area contributed by atoms with Crippen molar-refractivity contribution in [1.82, 2.24) is 4.98 Å². The summed E-state index contributed by atoms with van der Waals surface area (Å²) in [6, 6.07) is 13.8. The van der Waals surface area contributed by atoms with E-state index in [0.29, 0.717) is 16.3 Å². The first kappa shape index (κ1) is 20.2. The van der Waals surface area contributed by atoms with Crippen LogP contribution in [0.5, 0.6) is 0 Å². The van der Waals surface area contributed by atoms with Gasteiger partial charge >= 0.3 is 0 Å². The summed E-state index contributed by atoms with van der Waals surface area (Å²) in [5.41, 5.74) is 0.505. The number of nitro groups is 1. The Bertz CT molecular complexity index is 1230. The maximum atomic E-state index is 13.0. The van der Waals surface area contributed by atoms with Crippen molar-refractivity contribution in [2.24, 2.45) is 0 Å². The minimum Gasteiger partial charge on any atom is -0.507 e. The van der Waals surface area contributed by atoms with Gasteiger partial charge in [0.25, 0.3) is 17.4 Å². The topological polar surface area (TPSA) is 114 Å². The van der Waals surface area contributed by atoms with E-state index in [1.807, 2.05) is 0 Å². The van der Waals surface area contributed by atoms with E-state index in [9.17, 15) is 24.8 Å². The maximum Gasteiger partial charge on any atom is 0.300 e. The molecule has 8 nitrogen and oxygen atoms in total. The number of amides is 1. The van der Waals surface area contributed by atoms with Crippen molar-refractivity contribution >= 4 is 40.4 Å². The van der Waals surface area contributed by atoms with Crippen molar-refractivity contribution in [3.8, 4) is 0 Å². The van der Waals surface area contributed by atoms with Gasteiger partial charge < -0.3 is 5.11 Å². The fourth-order valence-corrected chi connectivity index (χ4v) is 3.61. The minimum absolute atomic E-state index is 0.184. The molecule has 0 aliphatic carbocycles. The molecule has 2 heterocycles. The number of aromatic nitrogens is 1. The Balaban J connectivity index is 1.96. The summed E-state index contributed by atoms with van der Waals surface area (Å²) >= 11 is 5.90. The number of anilines is 1. The lowest BCUT2D eigenvalue weighted by Gasteiger charge is -2.25. The number of pyridine rings is 1. The van der Waals surface area contributed by atoms with Crippen molar-refractivity contribution in [2.75, 3.05) is 4.90 Å². The van der Waals surface area contributed by atoms with Crippen LogP contribution in [0.3, 0.4) is 0 Å². The molecule has 1 atom stereocenters. The Labute approximate surface area is 181 Å². The second-order valence-electron chi connectivity index (χ2n) is 6.74. The predicted octanol–water partition coefficient (Wildman–Crippen LogP) is 4.27. The number of halogens is 1. The molecule has 1 aliphatic rings. The zero-order valence-corrected chi connectivity index (χ0v) is 16.6. The van der Waals surface area contributed by atoms with Crippen LogP contribution >= 0.6 is 11.6 Å². The Morgan fingerprint density at radius 1 is 1.10 bits per heavy atom. The smallest absolute Gasteiger partial charge is 0.300 e. The second-order valence-corrected chi connectivity index (χ2v) is 7.18. The Kier molecular flexibility index (Phi) is 5.22. The third-order valence-electron chi connectivity index (χ3n) is 4.88. The lowest BCUT2D eigenvalue weighted by atomic mass is 9.95. The predicted molar refractivity (Wildman–Crippen MR) is 114 cm³/mol. The van der Waals surface area contributed by atoms with E-state index in [-0.39, 0.29) is 16.8 Å². The Hall–Kier alpha value is -4.04. The highest BCUT2D eigenvalue weighted by molar-refractivity contribution is 6.51. The number of carbonyl (C=O) groups excluding carboxylic acids is 2. The van der Waals surface area contributed by atoms with Gasteiger partial charge in [-0.05, 0) is 42.0 Å². The van der Waals surface area contributed by atoms with Gasteiger partial charge in [0.1, 0.15) is 5.76 Å². The van der Waals surface area contributed by atoms with E-state index < -0.39 is 28.4 Å². The fraction of sp³-hybridized carbons (Fsp3) is 0.0455. The number of rotatable bonds is 4. The van der Waals surface area contributed by atoms with Gasteiger partial charge in [0.05, 0.1) is 28.4 Å². The van der Waals surface area contributed by atoms with Crippen molar-refractivity contribution in [2.45, 2.75) is 6.04 Å². The fourth-order valence-electron chi connectivity index (χ4n) is 3.48. The van der Waals surface area contributed by atoms with Crippen molar-refractivity contribution in [3.05, 3.63) is 105 Å². The number of ketones is 1. The number of Topliss-reactive ketones (excluding diaryl/α,β-unsaturated/α-hetero) is 1. The standard InChI is InChI=1S/C22H14ClN3O5/c23-15-8-6-13(7-9-15)20(27)18-19(14-3-1-4-16(11-14)26(30)31)25(22(29)21(18)28)17-5-2-10-24-12-17/h1-12,19,27H. The SMILES string of the molecule is O=C1C(=O)N(c2cccnc2)C(c2cccc([N+](=O)[O-])c2)C1=C(O)c1ccc(Cl)cc1. The largest absolute Gasteiger partial charge is 0.507 e. The average Bonchev–Trinajstić information content (AvgIpc) is 3.05. The summed E-state index contributed by atoms with van der Waals surface area (Å²) in [5, 5.41) is 22.7.